The molecule has 0 nitrogen and oxygen atoms in total. The van der Waals surface area contributed by atoms with E-state index in [0.29, 0.717) is 16.5 Å². The zero-order chi connectivity index (χ0) is 9.84. The normalized spacial score (nSPS) is 11.1. The first-order valence-corrected chi connectivity index (χ1v) is 4.81. The molecule has 70 valence electrons. The van der Waals surface area contributed by atoms with Crippen LogP contribution in [0.4, 0.5) is 4.39 Å². The highest BCUT2D eigenvalue weighted by Gasteiger charge is 2.03. The number of halogens is 4. The van der Waals surface area contributed by atoms with Crippen molar-refractivity contribution in [2.75, 3.05) is 5.88 Å². The first-order valence-electron chi connectivity index (χ1n) is 3.52. The summed E-state index contributed by atoms with van der Waals surface area (Å²) in [7, 11) is 0. The minimum Gasteiger partial charge on any atom is -0.205 e. The minimum atomic E-state index is -0.486. The fraction of sp³-hybridized carbons (Fsp3) is 0.111. The van der Waals surface area contributed by atoms with Crippen molar-refractivity contribution in [3.8, 4) is 0 Å². The van der Waals surface area contributed by atoms with Gasteiger partial charge in [-0.25, -0.2) is 4.39 Å². The standard InChI is InChI=1S/C9H6Cl3F/c10-3-1-2-6-4-9(13)8(12)5-7(6)11/h1-2,4-5H,3H2. The average molecular weight is 240 g/mol. The van der Waals surface area contributed by atoms with Crippen LogP contribution in [0.3, 0.4) is 0 Å². The second-order valence-corrected chi connectivity index (χ2v) is 3.47. The van der Waals surface area contributed by atoms with Crippen LogP contribution >= 0.6 is 34.8 Å². The number of hydrogen-bond acceptors (Lipinski definition) is 0. The second kappa shape index (κ2) is 4.85. The van der Waals surface area contributed by atoms with E-state index in [4.69, 9.17) is 34.8 Å². The quantitative estimate of drug-likeness (QED) is 0.530. The van der Waals surface area contributed by atoms with Gasteiger partial charge in [0.15, 0.2) is 0 Å². The largest absolute Gasteiger partial charge is 0.205 e. The van der Waals surface area contributed by atoms with Gasteiger partial charge >= 0.3 is 0 Å². The van der Waals surface area contributed by atoms with Crippen LogP contribution in [0.1, 0.15) is 5.56 Å². The van der Waals surface area contributed by atoms with E-state index in [1.165, 1.54) is 12.1 Å². The lowest BCUT2D eigenvalue weighted by atomic mass is 10.2. The van der Waals surface area contributed by atoms with E-state index in [2.05, 4.69) is 0 Å². The topological polar surface area (TPSA) is 0 Å². The molecular formula is C9H6Cl3F. The molecule has 0 heterocycles. The number of benzene rings is 1. The van der Waals surface area contributed by atoms with Gasteiger partial charge in [-0.15, -0.1) is 11.6 Å². The highest BCUT2D eigenvalue weighted by Crippen LogP contribution is 2.25. The van der Waals surface area contributed by atoms with Gasteiger partial charge < -0.3 is 0 Å². The van der Waals surface area contributed by atoms with Crippen molar-refractivity contribution in [2.24, 2.45) is 0 Å². The van der Waals surface area contributed by atoms with Crippen molar-refractivity contribution in [1.29, 1.82) is 0 Å². The van der Waals surface area contributed by atoms with Crippen LogP contribution in [0.2, 0.25) is 10.0 Å². The van der Waals surface area contributed by atoms with Gasteiger partial charge in [0, 0.05) is 10.9 Å². The maximum absolute atomic E-state index is 12.9. The van der Waals surface area contributed by atoms with Crippen molar-refractivity contribution in [2.45, 2.75) is 0 Å². The molecule has 0 aliphatic carbocycles. The SMILES string of the molecule is Fc1cc(C=CCCl)c(Cl)cc1Cl. The van der Waals surface area contributed by atoms with Crippen LogP contribution < -0.4 is 0 Å². The Hall–Kier alpha value is -0.240. The van der Waals surface area contributed by atoms with Gasteiger partial charge in [-0.1, -0.05) is 35.4 Å². The summed E-state index contributed by atoms with van der Waals surface area (Å²) in [4.78, 5) is 0. The molecule has 0 unspecified atom stereocenters. The fourth-order valence-corrected chi connectivity index (χ4v) is 1.37. The predicted octanol–water partition coefficient (Wildman–Crippen LogP) is 4.38. The van der Waals surface area contributed by atoms with E-state index < -0.39 is 5.82 Å². The Kier molecular flexibility index (Phi) is 4.04. The van der Waals surface area contributed by atoms with E-state index in [0.717, 1.165) is 0 Å². The molecule has 0 N–H and O–H groups in total. The van der Waals surface area contributed by atoms with Crippen LogP contribution in [0, 0.1) is 5.82 Å². The lowest BCUT2D eigenvalue weighted by Crippen LogP contribution is -1.81. The molecule has 0 amide bonds. The third-order valence-corrected chi connectivity index (χ3v) is 2.22. The first-order chi connectivity index (χ1) is 6.15. The van der Waals surface area contributed by atoms with Crippen LogP contribution in [0.25, 0.3) is 6.08 Å². The van der Waals surface area contributed by atoms with E-state index in [-0.39, 0.29) is 5.02 Å². The molecule has 0 saturated carbocycles. The fourth-order valence-electron chi connectivity index (χ4n) is 0.837. The van der Waals surface area contributed by atoms with Crippen molar-refractivity contribution in [3.63, 3.8) is 0 Å². The molecule has 0 aliphatic rings. The summed E-state index contributed by atoms with van der Waals surface area (Å²) in [5.74, 6) is -0.124. The maximum atomic E-state index is 12.9. The Morgan fingerprint density at radius 2 is 1.92 bits per heavy atom. The Morgan fingerprint density at radius 1 is 1.23 bits per heavy atom. The zero-order valence-corrected chi connectivity index (χ0v) is 8.80. The third kappa shape index (κ3) is 2.87. The highest BCUT2D eigenvalue weighted by atomic mass is 35.5. The first kappa shape index (κ1) is 10.8. The number of hydrogen-bond donors (Lipinski definition) is 0. The number of allylic oxidation sites excluding steroid dienone is 1. The summed E-state index contributed by atoms with van der Waals surface area (Å²) in [6.45, 7) is 0. The molecule has 0 atom stereocenters. The van der Waals surface area contributed by atoms with Crippen LogP contribution in [0.5, 0.6) is 0 Å². The molecule has 4 heteroatoms. The van der Waals surface area contributed by atoms with Gasteiger partial charge in [0.25, 0.3) is 0 Å². The van der Waals surface area contributed by atoms with Gasteiger partial charge in [0.1, 0.15) is 5.82 Å². The molecule has 1 rings (SSSR count). The summed E-state index contributed by atoms with van der Waals surface area (Å²) in [6, 6.07) is 2.64. The Morgan fingerprint density at radius 3 is 2.54 bits per heavy atom. The predicted molar refractivity (Wildman–Crippen MR) is 56.2 cm³/mol. The molecular weight excluding hydrogens is 233 g/mol. The van der Waals surface area contributed by atoms with E-state index in [9.17, 15) is 4.39 Å². The summed E-state index contributed by atoms with van der Waals surface area (Å²) >= 11 is 16.7. The van der Waals surface area contributed by atoms with Crippen LogP contribution in [0.15, 0.2) is 18.2 Å². The van der Waals surface area contributed by atoms with Gasteiger partial charge in [-0.3, -0.25) is 0 Å². The van der Waals surface area contributed by atoms with E-state index >= 15 is 0 Å². The lowest BCUT2D eigenvalue weighted by molar-refractivity contribution is 0.628. The number of alkyl halides is 1. The van der Waals surface area contributed by atoms with Crippen molar-refractivity contribution < 1.29 is 4.39 Å². The van der Waals surface area contributed by atoms with Gasteiger partial charge in [-0.2, -0.15) is 0 Å². The zero-order valence-electron chi connectivity index (χ0n) is 6.53. The molecule has 1 aromatic carbocycles. The average Bonchev–Trinajstić information content (AvgIpc) is 2.09. The summed E-state index contributed by atoms with van der Waals surface area (Å²) < 4.78 is 12.9. The molecule has 0 aromatic heterocycles. The van der Waals surface area contributed by atoms with Crippen LogP contribution in [-0.2, 0) is 0 Å². The number of rotatable bonds is 2. The molecule has 0 fully saturated rings. The lowest BCUT2D eigenvalue weighted by Gasteiger charge is -1.99. The summed E-state index contributed by atoms with van der Waals surface area (Å²) in [6.07, 6.45) is 3.32. The van der Waals surface area contributed by atoms with E-state index in [1.54, 1.807) is 12.2 Å². The molecule has 0 aliphatic heterocycles. The van der Waals surface area contributed by atoms with Gasteiger partial charge in [-0.05, 0) is 17.7 Å². The molecule has 0 spiro atoms. The van der Waals surface area contributed by atoms with Crippen LogP contribution in [-0.4, -0.2) is 5.88 Å². The monoisotopic (exact) mass is 238 g/mol. The van der Waals surface area contributed by atoms with Crippen molar-refractivity contribution >= 4 is 40.9 Å². The Balaban J connectivity index is 3.08. The van der Waals surface area contributed by atoms with Crippen molar-refractivity contribution in [3.05, 3.63) is 39.6 Å². The Labute approximate surface area is 90.9 Å². The molecule has 1 aromatic rings. The Bertz CT molecular complexity index is 334. The smallest absolute Gasteiger partial charge is 0.142 e. The summed E-state index contributed by atoms with van der Waals surface area (Å²) in [5.41, 5.74) is 0.573. The molecule has 13 heavy (non-hydrogen) atoms. The van der Waals surface area contributed by atoms with Gasteiger partial charge in [0.05, 0.1) is 5.02 Å². The highest BCUT2D eigenvalue weighted by molar-refractivity contribution is 6.35. The second-order valence-electron chi connectivity index (χ2n) is 2.34. The molecule has 0 saturated heterocycles. The summed E-state index contributed by atoms with van der Waals surface area (Å²) in [5, 5.41) is 0.431. The minimum absolute atomic E-state index is 0.0213. The molecule has 0 radical (unpaired) electrons. The third-order valence-electron chi connectivity index (χ3n) is 1.43. The van der Waals surface area contributed by atoms with E-state index in [1.807, 2.05) is 0 Å². The maximum Gasteiger partial charge on any atom is 0.142 e. The van der Waals surface area contributed by atoms with Crippen molar-refractivity contribution in [1.82, 2.24) is 0 Å². The van der Waals surface area contributed by atoms with Gasteiger partial charge in [0.2, 0.25) is 0 Å². The molecule has 0 bridgehead atoms.